The number of hydrogen-bond acceptors (Lipinski definition) is 2. The van der Waals surface area contributed by atoms with Crippen molar-refractivity contribution in [3.05, 3.63) is 29.8 Å². The molecule has 7 heteroatoms. The molecule has 0 unspecified atom stereocenters. The van der Waals surface area contributed by atoms with Gasteiger partial charge in [-0.05, 0) is 43.4 Å². The molecule has 1 saturated carbocycles. The lowest BCUT2D eigenvalue weighted by atomic mass is 9.84. The van der Waals surface area contributed by atoms with Gasteiger partial charge in [-0.1, -0.05) is 26.0 Å². The summed E-state index contributed by atoms with van der Waals surface area (Å²) in [5.74, 6) is 0.267. The van der Waals surface area contributed by atoms with Crippen molar-refractivity contribution in [2.45, 2.75) is 57.2 Å². The molecule has 2 rings (SSSR count). The Labute approximate surface area is 159 Å². The largest absolute Gasteiger partial charge is 0.497 e. The van der Waals surface area contributed by atoms with E-state index in [9.17, 15) is 13.2 Å². The minimum absolute atomic E-state index is 0.0229. The molecule has 0 aliphatic heterocycles. The molecular formula is C20H30F3N3O. The highest BCUT2D eigenvalue weighted by atomic mass is 19.4. The number of guanidine groups is 1. The number of ether oxygens (including phenoxy) is 1. The first kappa shape index (κ1) is 21.4. The zero-order valence-electron chi connectivity index (χ0n) is 16.5. The SMILES string of the molecule is CN=C(NCC(C)(C)c1cccc(OC)c1)NC1CCC(C(F)(F)F)CC1. The fourth-order valence-electron chi connectivity index (χ4n) is 3.40. The maximum atomic E-state index is 12.8. The number of nitrogens with zero attached hydrogens (tertiary/aromatic N) is 1. The number of nitrogens with one attached hydrogen (secondary N) is 2. The Morgan fingerprint density at radius 1 is 1.19 bits per heavy atom. The van der Waals surface area contributed by atoms with E-state index in [-0.39, 0.29) is 24.3 Å². The van der Waals surface area contributed by atoms with Gasteiger partial charge in [0.25, 0.3) is 0 Å². The minimum Gasteiger partial charge on any atom is -0.497 e. The molecule has 2 N–H and O–H groups in total. The van der Waals surface area contributed by atoms with E-state index < -0.39 is 12.1 Å². The van der Waals surface area contributed by atoms with E-state index in [0.717, 1.165) is 11.3 Å². The van der Waals surface area contributed by atoms with Crippen molar-refractivity contribution in [2.75, 3.05) is 20.7 Å². The molecule has 0 atom stereocenters. The zero-order valence-corrected chi connectivity index (χ0v) is 16.5. The summed E-state index contributed by atoms with van der Waals surface area (Å²) in [7, 11) is 3.32. The molecule has 4 nitrogen and oxygen atoms in total. The van der Waals surface area contributed by atoms with E-state index in [1.807, 2.05) is 18.2 Å². The van der Waals surface area contributed by atoms with Gasteiger partial charge in [0.15, 0.2) is 5.96 Å². The molecule has 0 heterocycles. The lowest BCUT2D eigenvalue weighted by molar-refractivity contribution is -0.182. The average Bonchev–Trinajstić information content (AvgIpc) is 2.64. The van der Waals surface area contributed by atoms with E-state index in [0.29, 0.717) is 25.3 Å². The van der Waals surface area contributed by atoms with Gasteiger partial charge >= 0.3 is 6.18 Å². The lowest BCUT2D eigenvalue weighted by Crippen LogP contribution is -2.48. The van der Waals surface area contributed by atoms with Crippen LogP contribution >= 0.6 is 0 Å². The van der Waals surface area contributed by atoms with Gasteiger partial charge in [-0.2, -0.15) is 13.2 Å². The maximum absolute atomic E-state index is 12.8. The summed E-state index contributed by atoms with van der Waals surface area (Å²) < 4.78 is 43.7. The Kier molecular flexibility index (Phi) is 7.00. The van der Waals surface area contributed by atoms with Crippen LogP contribution < -0.4 is 15.4 Å². The van der Waals surface area contributed by atoms with Crippen molar-refractivity contribution in [2.24, 2.45) is 10.9 Å². The summed E-state index contributed by atoms with van der Waals surface area (Å²) in [6.45, 7) is 4.88. The molecule has 0 bridgehead atoms. The quantitative estimate of drug-likeness (QED) is 0.588. The molecule has 0 radical (unpaired) electrons. The van der Waals surface area contributed by atoms with Crippen molar-refractivity contribution < 1.29 is 17.9 Å². The third kappa shape index (κ3) is 6.04. The topological polar surface area (TPSA) is 45.7 Å². The Balaban J connectivity index is 1.88. The Bertz CT molecular complexity index is 636. The first-order chi connectivity index (χ1) is 12.7. The number of benzene rings is 1. The molecule has 1 aromatic carbocycles. The second kappa shape index (κ2) is 8.85. The standard InChI is InChI=1S/C20H30F3N3O/c1-19(2,15-6-5-7-17(12-15)27-4)13-25-18(24-3)26-16-10-8-14(9-11-16)20(21,22)23/h5-7,12,14,16H,8-11,13H2,1-4H3,(H2,24,25,26). The summed E-state index contributed by atoms with van der Waals surface area (Å²) in [6.07, 6.45) is -2.72. The second-order valence-electron chi connectivity index (χ2n) is 7.78. The van der Waals surface area contributed by atoms with Crippen LogP contribution in [0.5, 0.6) is 5.75 Å². The average molecular weight is 385 g/mol. The highest BCUT2D eigenvalue weighted by Gasteiger charge is 2.41. The van der Waals surface area contributed by atoms with Gasteiger partial charge in [-0.25, -0.2) is 0 Å². The summed E-state index contributed by atoms with van der Waals surface area (Å²) in [5.41, 5.74) is 0.968. The van der Waals surface area contributed by atoms with Gasteiger partial charge in [0, 0.05) is 25.0 Å². The summed E-state index contributed by atoms with van der Waals surface area (Å²) in [5, 5.41) is 6.58. The maximum Gasteiger partial charge on any atom is 0.391 e. The molecule has 0 aromatic heterocycles. The Morgan fingerprint density at radius 3 is 2.41 bits per heavy atom. The van der Waals surface area contributed by atoms with E-state index in [1.165, 1.54) is 0 Å². The van der Waals surface area contributed by atoms with Crippen LogP contribution in [-0.4, -0.2) is 38.9 Å². The molecule has 27 heavy (non-hydrogen) atoms. The summed E-state index contributed by atoms with van der Waals surface area (Å²) in [6, 6.07) is 7.96. The van der Waals surface area contributed by atoms with Crippen LogP contribution in [0.4, 0.5) is 13.2 Å². The second-order valence-corrected chi connectivity index (χ2v) is 7.78. The predicted octanol–water partition coefficient (Wildman–Crippen LogP) is 4.26. The minimum atomic E-state index is -4.08. The monoisotopic (exact) mass is 385 g/mol. The van der Waals surface area contributed by atoms with Crippen molar-refractivity contribution in [3.63, 3.8) is 0 Å². The molecule has 152 valence electrons. The third-order valence-electron chi connectivity index (χ3n) is 5.30. The third-order valence-corrected chi connectivity index (χ3v) is 5.30. The van der Waals surface area contributed by atoms with E-state index in [1.54, 1.807) is 14.2 Å². The predicted molar refractivity (Wildman–Crippen MR) is 102 cm³/mol. The smallest absolute Gasteiger partial charge is 0.391 e. The fraction of sp³-hybridized carbons (Fsp3) is 0.650. The van der Waals surface area contributed by atoms with Gasteiger partial charge in [0.2, 0.25) is 0 Å². The number of alkyl halides is 3. The molecule has 1 fully saturated rings. The summed E-state index contributed by atoms with van der Waals surface area (Å²) in [4.78, 5) is 4.23. The fourth-order valence-corrected chi connectivity index (χ4v) is 3.40. The van der Waals surface area contributed by atoms with Gasteiger partial charge < -0.3 is 15.4 Å². The highest BCUT2D eigenvalue weighted by molar-refractivity contribution is 5.80. The molecule has 0 amide bonds. The molecule has 1 aromatic rings. The van der Waals surface area contributed by atoms with Crippen molar-refractivity contribution in [1.29, 1.82) is 0 Å². The molecule has 1 aliphatic rings. The Morgan fingerprint density at radius 2 is 1.85 bits per heavy atom. The van der Waals surface area contributed by atoms with Crippen molar-refractivity contribution in [1.82, 2.24) is 10.6 Å². The number of halogens is 3. The van der Waals surface area contributed by atoms with Gasteiger partial charge in [-0.15, -0.1) is 0 Å². The van der Waals surface area contributed by atoms with E-state index in [2.05, 4.69) is 35.5 Å². The van der Waals surface area contributed by atoms with Gasteiger partial charge in [-0.3, -0.25) is 4.99 Å². The number of rotatable bonds is 5. The van der Waals surface area contributed by atoms with E-state index in [4.69, 9.17) is 4.74 Å². The molecule has 0 spiro atoms. The van der Waals surface area contributed by atoms with Crippen LogP contribution in [0.2, 0.25) is 0 Å². The normalized spacial score (nSPS) is 21.7. The van der Waals surface area contributed by atoms with Crippen LogP contribution in [0.3, 0.4) is 0 Å². The van der Waals surface area contributed by atoms with E-state index >= 15 is 0 Å². The lowest BCUT2D eigenvalue weighted by Gasteiger charge is -2.32. The van der Waals surface area contributed by atoms with Crippen molar-refractivity contribution >= 4 is 5.96 Å². The van der Waals surface area contributed by atoms with Gasteiger partial charge in [0.05, 0.1) is 13.0 Å². The van der Waals surface area contributed by atoms with Crippen molar-refractivity contribution in [3.8, 4) is 5.75 Å². The molecule has 1 aliphatic carbocycles. The van der Waals surface area contributed by atoms with Gasteiger partial charge in [0.1, 0.15) is 5.75 Å². The van der Waals surface area contributed by atoms with Crippen LogP contribution in [0.1, 0.15) is 45.1 Å². The number of hydrogen-bond donors (Lipinski definition) is 2. The number of methoxy groups -OCH3 is 1. The van der Waals surface area contributed by atoms with Crippen LogP contribution in [0.15, 0.2) is 29.3 Å². The number of aliphatic imine (C=N–C) groups is 1. The molecule has 0 saturated heterocycles. The summed E-state index contributed by atoms with van der Waals surface area (Å²) >= 11 is 0. The first-order valence-corrected chi connectivity index (χ1v) is 9.34. The highest BCUT2D eigenvalue weighted by Crippen LogP contribution is 2.37. The van der Waals surface area contributed by atoms with Crippen LogP contribution in [0.25, 0.3) is 0 Å². The zero-order chi connectivity index (χ0) is 20.1. The van der Waals surface area contributed by atoms with Crippen LogP contribution in [-0.2, 0) is 5.41 Å². The molecular weight excluding hydrogens is 355 g/mol. The Hall–Kier alpha value is -1.92. The first-order valence-electron chi connectivity index (χ1n) is 9.34. The van der Waals surface area contributed by atoms with Crippen LogP contribution in [0, 0.1) is 5.92 Å².